The lowest BCUT2D eigenvalue weighted by Gasteiger charge is -2.04. The zero-order chi connectivity index (χ0) is 12.7. The van der Waals surface area contributed by atoms with Gasteiger partial charge in [0.15, 0.2) is 0 Å². The molecular weight excluding hydrogens is 256 g/mol. The summed E-state index contributed by atoms with van der Waals surface area (Å²) in [6.45, 7) is 2.64. The molecule has 0 saturated carbocycles. The van der Waals surface area contributed by atoms with Crippen LogP contribution in [0.15, 0.2) is 12.7 Å². The first-order chi connectivity index (χ1) is 7.33. The minimum atomic E-state index is -3.93. The summed E-state index contributed by atoms with van der Waals surface area (Å²) in [6, 6.07) is 0. The number of terminal acetylenes is 1. The van der Waals surface area contributed by atoms with Gasteiger partial charge in [-0.05, 0) is 0 Å². The lowest BCUT2D eigenvalue weighted by atomic mass is 10.7. The minimum Gasteiger partial charge on any atom is -0.266 e. The molecule has 0 saturated heterocycles. The van der Waals surface area contributed by atoms with Crippen molar-refractivity contribution in [3.63, 3.8) is 0 Å². The Labute approximate surface area is 95.5 Å². The van der Waals surface area contributed by atoms with E-state index in [1.807, 2.05) is 5.92 Å². The third kappa shape index (κ3) is 7.42. The second-order valence-corrected chi connectivity index (χ2v) is 6.08. The molecule has 0 amide bonds. The first-order valence-electron chi connectivity index (χ1n) is 4.11. The van der Waals surface area contributed by atoms with Gasteiger partial charge >= 0.3 is 0 Å². The van der Waals surface area contributed by atoms with Crippen LogP contribution in [0.1, 0.15) is 0 Å². The van der Waals surface area contributed by atoms with Crippen molar-refractivity contribution in [2.24, 2.45) is 0 Å². The highest BCUT2D eigenvalue weighted by atomic mass is 32.2. The second kappa shape index (κ2) is 6.65. The fraction of sp³-hybridized carbons (Fsp3) is 0.500. The number of hydrogen-bond acceptors (Lipinski definition) is 6. The van der Waals surface area contributed by atoms with E-state index in [-0.39, 0.29) is 6.61 Å². The summed E-state index contributed by atoms with van der Waals surface area (Å²) < 4.78 is 52.9. The molecule has 0 aliphatic carbocycles. The monoisotopic (exact) mass is 268 g/mol. The zero-order valence-corrected chi connectivity index (χ0v) is 10.1. The molecule has 0 aliphatic heterocycles. The van der Waals surface area contributed by atoms with Gasteiger partial charge in [-0.1, -0.05) is 12.0 Å². The van der Waals surface area contributed by atoms with E-state index in [1.165, 1.54) is 6.08 Å². The van der Waals surface area contributed by atoms with Gasteiger partial charge in [-0.2, -0.15) is 16.8 Å². The van der Waals surface area contributed by atoms with E-state index in [4.69, 9.17) is 6.42 Å². The van der Waals surface area contributed by atoms with Crippen LogP contribution in [-0.2, 0) is 28.6 Å². The van der Waals surface area contributed by atoms with Gasteiger partial charge in [-0.15, -0.1) is 13.0 Å². The maximum atomic E-state index is 11.1. The molecule has 0 fully saturated rings. The standard InChI is InChI=1S/C8H12O6S2/c1-3-5-13-15(9,10)7-8-16(11,12)14-6-4-2/h1,4H,2,5-8H2. The van der Waals surface area contributed by atoms with Crippen LogP contribution in [0.3, 0.4) is 0 Å². The van der Waals surface area contributed by atoms with Crippen LogP contribution in [0.5, 0.6) is 0 Å². The maximum Gasteiger partial charge on any atom is 0.269 e. The van der Waals surface area contributed by atoms with Crippen molar-refractivity contribution >= 4 is 20.2 Å². The zero-order valence-electron chi connectivity index (χ0n) is 8.46. The summed E-state index contributed by atoms with van der Waals surface area (Å²) in [5.74, 6) is 0.573. The maximum absolute atomic E-state index is 11.1. The summed E-state index contributed by atoms with van der Waals surface area (Å²) in [5, 5.41) is 0. The van der Waals surface area contributed by atoms with Gasteiger partial charge < -0.3 is 0 Å². The van der Waals surface area contributed by atoms with Crippen LogP contribution in [0.25, 0.3) is 0 Å². The predicted molar refractivity (Wildman–Crippen MR) is 58.5 cm³/mol. The second-order valence-electron chi connectivity index (χ2n) is 2.56. The molecule has 0 unspecified atom stereocenters. The summed E-state index contributed by atoms with van der Waals surface area (Å²) in [5.41, 5.74) is 0. The molecule has 0 spiro atoms. The molecule has 92 valence electrons. The summed E-state index contributed by atoms with van der Waals surface area (Å²) in [4.78, 5) is 0. The lowest BCUT2D eigenvalue weighted by Crippen LogP contribution is -2.21. The molecule has 8 heteroatoms. The van der Waals surface area contributed by atoms with Crippen molar-refractivity contribution in [1.82, 2.24) is 0 Å². The molecule has 0 aromatic rings. The Bertz CT molecular complexity index is 453. The van der Waals surface area contributed by atoms with Crippen LogP contribution >= 0.6 is 0 Å². The smallest absolute Gasteiger partial charge is 0.266 e. The Hall–Kier alpha value is -0.880. The third-order valence-corrected chi connectivity index (χ3v) is 3.91. The van der Waals surface area contributed by atoms with Gasteiger partial charge in [0.25, 0.3) is 20.2 Å². The van der Waals surface area contributed by atoms with E-state index in [1.54, 1.807) is 0 Å². The van der Waals surface area contributed by atoms with Gasteiger partial charge in [0.05, 0.1) is 18.1 Å². The Morgan fingerprint density at radius 3 is 2.06 bits per heavy atom. The highest BCUT2D eigenvalue weighted by molar-refractivity contribution is 7.90. The van der Waals surface area contributed by atoms with Gasteiger partial charge in [0, 0.05) is 0 Å². The molecule has 0 bridgehead atoms. The van der Waals surface area contributed by atoms with Gasteiger partial charge in [0.1, 0.15) is 6.61 Å². The van der Waals surface area contributed by atoms with Crippen molar-refractivity contribution in [1.29, 1.82) is 0 Å². The molecule has 16 heavy (non-hydrogen) atoms. The molecule has 0 rings (SSSR count). The number of rotatable bonds is 8. The first-order valence-corrected chi connectivity index (χ1v) is 7.27. The SMILES string of the molecule is C#CCOS(=O)(=O)CCS(=O)(=O)OCC=C. The predicted octanol–water partition coefficient (Wildman–Crippen LogP) is -0.502. The molecular formula is C8H12O6S2. The van der Waals surface area contributed by atoms with Crippen molar-refractivity contribution in [3.8, 4) is 12.3 Å². The fourth-order valence-corrected chi connectivity index (χ4v) is 3.02. The van der Waals surface area contributed by atoms with Crippen LogP contribution in [0, 0.1) is 12.3 Å². The van der Waals surface area contributed by atoms with Crippen LogP contribution < -0.4 is 0 Å². The molecule has 0 radical (unpaired) electrons. The third-order valence-electron chi connectivity index (χ3n) is 1.27. The molecule has 0 atom stereocenters. The van der Waals surface area contributed by atoms with Crippen molar-refractivity contribution in [2.45, 2.75) is 0 Å². The fourth-order valence-electron chi connectivity index (χ4n) is 0.598. The Morgan fingerprint density at radius 1 is 1.12 bits per heavy atom. The van der Waals surface area contributed by atoms with Gasteiger partial charge in [-0.3, -0.25) is 8.37 Å². The quantitative estimate of drug-likeness (QED) is 0.335. The van der Waals surface area contributed by atoms with E-state index < -0.39 is 38.3 Å². The normalized spacial score (nSPS) is 11.9. The van der Waals surface area contributed by atoms with Crippen molar-refractivity contribution in [3.05, 3.63) is 12.7 Å². The summed E-state index contributed by atoms with van der Waals surface area (Å²) in [6.07, 6.45) is 6.03. The molecule has 0 heterocycles. The summed E-state index contributed by atoms with van der Waals surface area (Å²) in [7, 11) is -7.81. The largest absolute Gasteiger partial charge is 0.269 e. The van der Waals surface area contributed by atoms with Gasteiger partial charge in [-0.25, -0.2) is 0 Å². The topological polar surface area (TPSA) is 86.7 Å². The summed E-state index contributed by atoms with van der Waals surface area (Å²) >= 11 is 0. The molecule has 0 aromatic carbocycles. The van der Waals surface area contributed by atoms with E-state index >= 15 is 0 Å². The van der Waals surface area contributed by atoms with Crippen LogP contribution in [-0.4, -0.2) is 41.6 Å². The molecule has 0 N–H and O–H groups in total. The minimum absolute atomic E-state index is 0.201. The Balaban J connectivity index is 4.24. The van der Waals surface area contributed by atoms with E-state index in [2.05, 4.69) is 14.9 Å². The highest BCUT2D eigenvalue weighted by Crippen LogP contribution is 1.99. The van der Waals surface area contributed by atoms with Crippen LogP contribution in [0.2, 0.25) is 0 Å². The number of hydrogen-bond donors (Lipinski definition) is 0. The van der Waals surface area contributed by atoms with Crippen LogP contribution in [0.4, 0.5) is 0 Å². The Morgan fingerprint density at radius 2 is 1.62 bits per heavy atom. The molecule has 0 aromatic heterocycles. The Kier molecular flexibility index (Phi) is 6.28. The molecule has 0 aliphatic rings. The average Bonchev–Trinajstić information content (AvgIpc) is 2.22. The lowest BCUT2D eigenvalue weighted by molar-refractivity contribution is 0.352. The van der Waals surface area contributed by atoms with E-state index in [0.29, 0.717) is 0 Å². The van der Waals surface area contributed by atoms with E-state index in [0.717, 1.165) is 0 Å². The van der Waals surface area contributed by atoms with Gasteiger partial charge in [0.2, 0.25) is 0 Å². The van der Waals surface area contributed by atoms with E-state index in [9.17, 15) is 16.8 Å². The average molecular weight is 268 g/mol. The molecule has 6 nitrogen and oxygen atoms in total. The highest BCUT2D eigenvalue weighted by Gasteiger charge is 2.18. The van der Waals surface area contributed by atoms with Crippen molar-refractivity contribution in [2.75, 3.05) is 24.7 Å². The van der Waals surface area contributed by atoms with Crippen molar-refractivity contribution < 1.29 is 25.2 Å². The first kappa shape index (κ1) is 15.1.